The fraction of sp³-hybridized carbons (Fsp3) is 0.529. The van der Waals surface area contributed by atoms with Gasteiger partial charge < -0.3 is 0 Å². The van der Waals surface area contributed by atoms with E-state index in [1.54, 1.807) is 0 Å². The Morgan fingerprint density at radius 3 is 2.32 bits per heavy atom. The minimum Gasteiger partial charge on any atom is -0.298 e. The summed E-state index contributed by atoms with van der Waals surface area (Å²) in [7, 11) is 0. The van der Waals surface area contributed by atoms with Gasteiger partial charge in [-0.05, 0) is 24.8 Å². The topological polar surface area (TPSA) is 34.1 Å². The third kappa shape index (κ3) is 1.85. The van der Waals surface area contributed by atoms with Gasteiger partial charge in [0, 0.05) is 11.8 Å². The molecule has 2 heteroatoms. The fourth-order valence-electron chi connectivity index (χ4n) is 3.93. The Hall–Kier alpha value is -1.44. The Morgan fingerprint density at radius 1 is 1.05 bits per heavy atom. The van der Waals surface area contributed by atoms with E-state index in [1.165, 1.54) is 0 Å². The predicted molar refractivity (Wildman–Crippen MR) is 73.7 cm³/mol. The van der Waals surface area contributed by atoms with E-state index in [0.29, 0.717) is 6.42 Å². The van der Waals surface area contributed by atoms with Crippen LogP contribution in [0.4, 0.5) is 0 Å². The van der Waals surface area contributed by atoms with Crippen LogP contribution in [0.25, 0.3) is 0 Å². The van der Waals surface area contributed by atoms with Crippen LogP contribution in [-0.4, -0.2) is 11.6 Å². The van der Waals surface area contributed by atoms with Gasteiger partial charge in [0.25, 0.3) is 0 Å². The summed E-state index contributed by atoms with van der Waals surface area (Å²) in [5, 5.41) is 0. The Bertz CT molecular complexity index is 497. The standard InChI is InChI=1S/C17H20O2/c1-12-14(11-13-7-3-2-4-8-13)16(19)17(15(12)18)9-5-6-10-17/h2-4,7-8,12,14H,5-6,9-11H2,1H3/t12-,14+/m1/s1. The van der Waals surface area contributed by atoms with Crippen LogP contribution >= 0.6 is 0 Å². The van der Waals surface area contributed by atoms with Crippen LogP contribution < -0.4 is 0 Å². The van der Waals surface area contributed by atoms with Crippen LogP contribution in [0.5, 0.6) is 0 Å². The van der Waals surface area contributed by atoms with Crippen molar-refractivity contribution in [2.75, 3.05) is 0 Å². The van der Waals surface area contributed by atoms with E-state index < -0.39 is 5.41 Å². The first-order valence-corrected chi connectivity index (χ1v) is 7.28. The molecule has 0 heterocycles. The van der Waals surface area contributed by atoms with Crippen molar-refractivity contribution < 1.29 is 9.59 Å². The van der Waals surface area contributed by atoms with Crippen molar-refractivity contribution in [3.05, 3.63) is 35.9 Å². The van der Waals surface area contributed by atoms with E-state index in [2.05, 4.69) is 0 Å². The molecule has 100 valence electrons. The van der Waals surface area contributed by atoms with E-state index in [-0.39, 0.29) is 23.4 Å². The summed E-state index contributed by atoms with van der Waals surface area (Å²) in [6.07, 6.45) is 4.36. The molecule has 0 radical (unpaired) electrons. The molecule has 1 aromatic rings. The number of ketones is 2. The average molecular weight is 256 g/mol. The second kappa shape index (κ2) is 4.59. The maximum atomic E-state index is 12.7. The van der Waals surface area contributed by atoms with Crippen molar-refractivity contribution in [2.24, 2.45) is 17.3 Å². The third-order valence-electron chi connectivity index (χ3n) is 5.05. The molecule has 0 aliphatic heterocycles. The first-order chi connectivity index (χ1) is 9.15. The van der Waals surface area contributed by atoms with Crippen molar-refractivity contribution in [1.82, 2.24) is 0 Å². The van der Waals surface area contributed by atoms with E-state index in [0.717, 1.165) is 31.2 Å². The van der Waals surface area contributed by atoms with Gasteiger partial charge in [0.15, 0.2) is 5.78 Å². The van der Waals surface area contributed by atoms with Crippen LogP contribution in [0.2, 0.25) is 0 Å². The molecule has 2 aliphatic rings. The molecule has 0 unspecified atom stereocenters. The summed E-state index contributed by atoms with van der Waals surface area (Å²) in [5.74, 6) is 0.237. The molecule has 0 N–H and O–H groups in total. The van der Waals surface area contributed by atoms with Gasteiger partial charge in [0.2, 0.25) is 0 Å². The summed E-state index contributed by atoms with van der Waals surface area (Å²) in [5.41, 5.74) is 0.564. The maximum absolute atomic E-state index is 12.7. The summed E-state index contributed by atoms with van der Waals surface area (Å²) in [6.45, 7) is 1.95. The summed E-state index contributed by atoms with van der Waals surface area (Å²) in [4.78, 5) is 25.3. The molecule has 1 spiro atoms. The predicted octanol–water partition coefficient (Wildman–Crippen LogP) is 3.19. The normalized spacial score (nSPS) is 29.3. The van der Waals surface area contributed by atoms with E-state index in [9.17, 15) is 9.59 Å². The van der Waals surface area contributed by atoms with Gasteiger partial charge in [-0.25, -0.2) is 0 Å². The van der Waals surface area contributed by atoms with Crippen LogP contribution in [0.1, 0.15) is 38.2 Å². The third-order valence-corrected chi connectivity index (χ3v) is 5.05. The Kier molecular flexibility index (Phi) is 3.04. The Morgan fingerprint density at radius 2 is 1.68 bits per heavy atom. The van der Waals surface area contributed by atoms with Crippen LogP contribution in [-0.2, 0) is 16.0 Å². The molecule has 2 fully saturated rings. The number of hydrogen-bond donors (Lipinski definition) is 0. The molecule has 0 bridgehead atoms. The van der Waals surface area contributed by atoms with Crippen molar-refractivity contribution >= 4 is 11.6 Å². The summed E-state index contributed by atoms with van der Waals surface area (Å²) < 4.78 is 0. The zero-order valence-electron chi connectivity index (χ0n) is 11.4. The quantitative estimate of drug-likeness (QED) is 0.761. The lowest BCUT2D eigenvalue weighted by atomic mass is 9.81. The Labute approximate surface area is 114 Å². The summed E-state index contributed by atoms with van der Waals surface area (Å²) >= 11 is 0. The molecular weight excluding hydrogens is 236 g/mol. The average Bonchev–Trinajstić information content (AvgIpc) is 2.99. The largest absolute Gasteiger partial charge is 0.298 e. The van der Waals surface area contributed by atoms with Gasteiger partial charge in [0.1, 0.15) is 5.78 Å². The number of hydrogen-bond acceptors (Lipinski definition) is 2. The molecule has 0 amide bonds. The molecular formula is C17H20O2. The van der Waals surface area contributed by atoms with Gasteiger partial charge in [-0.2, -0.15) is 0 Å². The van der Waals surface area contributed by atoms with Crippen LogP contribution in [0.15, 0.2) is 30.3 Å². The molecule has 2 saturated carbocycles. The second-order valence-corrected chi connectivity index (χ2v) is 6.10. The van der Waals surface area contributed by atoms with Crippen molar-refractivity contribution in [2.45, 2.75) is 39.0 Å². The van der Waals surface area contributed by atoms with Gasteiger partial charge in [-0.3, -0.25) is 9.59 Å². The first kappa shape index (κ1) is 12.6. The van der Waals surface area contributed by atoms with Gasteiger partial charge in [-0.15, -0.1) is 0 Å². The van der Waals surface area contributed by atoms with Gasteiger partial charge >= 0.3 is 0 Å². The SMILES string of the molecule is C[C@H]1C(=O)C2(CCCC2)C(=O)[C@H]1Cc1ccccc1. The highest BCUT2D eigenvalue weighted by Crippen LogP contribution is 2.50. The lowest BCUT2D eigenvalue weighted by Crippen LogP contribution is -2.31. The molecule has 0 saturated heterocycles. The number of Topliss-reactive ketones (excluding diaryl/α,β-unsaturated/α-hetero) is 2. The second-order valence-electron chi connectivity index (χ2n) is 6.10. The lowest BCUT2D eigenvalue weighted by molar-refractivity contribution is -0.135. The molecule has 2 aliphatic carbocycles. The zero-order valence-corrected chi connectivity index (χ0v) is 11.4. The van der Waals surface area contributed by atoms with E-state index in [4.69, 9.17) is 0 Å². The Balaban J connectivity index is 1.87. The van der Waals surface area contributed by atoms with Crippen LogP contribution in [0.3, 0.4) is 0 Å². The number of benzene rings is 1. The van der Waals surface area contributed by atoms with E-state index in [1.807, 2.05) is 37.3 Å². The smallest absolute Gasteiger partial charge is 0.150 e. The monoisotopic (exact) mass is 256 g/mol. The molecule has 2 nitrogen and oxygen atoms in total. The van der Waals surface area contributed by atoms with Crippen molar-refractivity contribution in [3.63, 3.8) is 0 Å². The minimum absolute atomic E-state index is 0.104. The first-order valence-electron chi connectivity index (χ1n) is 7.28. The highest BCUT2D eigenvalue weighted by atomic mass is 16.2. The van der Waals surface area contributed by atoms with Gasteiger partial charge in [0.05, 0.1) is 5.41 Å². The number of carbonyl (C=O) groups excluding carboxylic acids is 2. The van der Waals surface area contributed by atoms with Crippen molar-refractivity contribution in [1.29, 1.82) is 0 Å². The number of rotatable bonds is 2. The number of carbonyl (C=O) groups is 2. The maximum Gasteiger partial charge on any atom is 0.150 e. The highest BCUT2D eigenvalue weighted by molar-refractivity contribution is 6.15. The van der Waals surface area contributed by atoms with Gasteiger partial charge in [-0.1, -0.05) is 50.1 Å². The molecule has 2 atom stereocenters. The zero-order chi connectivity index (χ0) is 13.5. The van der Waals surface area contributed by atoms with E-state index >= 15 is 0 Å². The molecule has 19 heavy (non-hydrogen) atoms. The highest BCUT2D eigenvalue weighted by Gasteiger charge is 2.58. The summed E-state index contributed by atoms with van der Waals surface area (Å²) in [6, 6.07) is 10.1. The fourth-order valence-corrected chi connectivity index (χ4v) is 3.93. The molecule has 3 rings (SSSR count). The van der Waals surface area contributed by atoms with Crippen molar-refractivity contribution in [3.8, 4) is 0 Å². The molecule has 0 aromatic heterocycles. The van der Waals surface area contributed by atoms with Crippen LogP contribution in [0, 0.1) is 17.3 Å². The molecule has 1 aromatic carbocycles. The minimum atomic E-state index is -0.598. The lowest BCUT2D eigenvalue weighted by Gasteiger charge is -2.19.